The standard InChI is InChI=1S/C17H20N2O4S/c1-12-6-4-5-7-14(12)11-24(21,22)19-15-8-9-17(23-3)16(10-15)18-13(2)20/h4-10,19H,11H2,1-3H3,(H,18,20). The van der Waals surface area contributed by atoms with E-state index in [9.17, 15) is 13.2 Å². The van der Waals surface area contributed by atoms with Gasteiger partial charge in [-0.1, -0.05) is 24.3 Å². The number of rotatable bonds is 6. The minimum atomic E-state index is -3.58. The lowest BCUT2D eigenvalue weighted by Gasteiger charge is -2.13. The number of hydrogen-bond acceptors (Lipinski definition) is 4. The molecule has 0 saturated heterocycles. The van der Waals surface area contributed by atoms with Gasteiger partial charge in [-0.15, -0.1) is 0 Å². The summed E-state index contributed by atoms with van der Waals surface area (Å²) < 4.78 is 32.4. The normalized spacial score (nSPS) is 11.0. The van der Waals surface area contributed by atoms with E-state index >= 15 is 0 Å². The number of methoxy groups -OCH3 is 1. The summed E-state index contributed by atoms with van der Waals surface area (Å²) in [6.45, 7) is 3.24. The number of sulfonamides is 1. The number of hydrogen-bond donors (Lipinski definition) is 2. The van der Waals surface area contributed by atoms with Crippen LogP contribution in [0.25, 0.3) is 0 Å². The van der Waals surface area contributed by atoms with Gasteiger partial charge in [-0.05, 0) is 36.2 Å². The van der Waals surface area contributed by atoms with Crippen molar-refractivity contribution in [1.82, 2.24) is 0 Å². The molecule has 0 aliphatic heterocycles. The van der Waals surface area contributed by atoms with E-state index in [0.29, 0.717) is 17.1 Å². The summed E-state index contributed by atoms with van der Waals surface area (Å²) in [4.78, 5) is 11.3. The first kappa shape index (κ1) is 17.8. The number of carbonyl (C=O) groups excluding carboxylic acids is 1. The zero-order chi connectivity index (χ0) is 17.7. The van der Waals surface area contributed by atoms with E-state index < -0.39 is 10.0 Å². The van der Waals surface area contributed by atoms with Crippen LogP contribution in [-0.4, -0.2) is 21.4 Å². The highest BCUT2D eigenvalue weighted by Crippen LogP contribution is 2.28. The third-order valence-electron chi connectivity index (χ3n) is 3.39. The Bertz CT molecular complexity index is 847. The van der Waals surface area contributed by atoms with Gasteiger partial charge in [-0.25, -0.2) is 8.42 Å². The van der Waals surface area contributed by atoms with E-state index in [0.717, 1.165) is 11.1 Å². The highest BCUT2D eigenvalue weighted by atomic mass is 32.2. The minimum absolute atomic E-state index is 0.124. The Hall–Kier alpha value is -2.54. The summed E-state index contributed by atoms with van der Waals surface area (Å²) in [6.07, 6.45) is 0. The molecule has 0 aliphatic rings. The molecule has 2 aromatic carbocycles. The summed E-state index contributed by atoms with van der Waals surface area (Å²) in [5.74, 6) is 0.0570. The zero-order valence-electron chi connectivity index (χ0n) is 13.8. The molecule has 0 fully saturated rings. The van der Waals surface area contributed by atoms with Crippen molar-refractivity contribution >= 4 is 27.3 Å². The third-order valence-corrected chi connectivity index (χ3v) is 4.63. The molecule has 0 radical (unpaired) electrons. The van der Waals surface area contributed by atoms with Crippen LogP contribution in [0.1, 0.15) is 18.1 Å². The van der Waals surface area contributed by atoms with Crippen molar-refractivity contribution in [2.75, 3.05) is 17.1 Å². The van der Waals surface area contributed by atoms with Crippen LogP contribution < -0.4 is 14.8 Å². The van der Waals surface area contributed by atoms with Crippen molar-refractivity contribution in [3.05, 3.63) is 53.6 Å². The van der Waals surface area contributed by atoms with Crippen LogP contribution >= 0.6 is 0 Å². The molecule has 6 nitrogen and oxygen atoms in total. The fourth-order valence-corrected chi connectivity index (χ4v) is 3.54. The fraction of sp³-hybridized carbons (Fsp3) is 0.235. The highest BCUT2D eigenvalue weighted by Gasteiger charge is 2.15. The first-order valence-corrected chi connectivity index (χ1v) is 8.96. The highest BCUT2D eigenvalue weighted by molar-refractivity contribution is 7.91. The van der Waals surface area contributed by atoms with Crippen molar-refractivity contribution in [1.29, 1.82) is 0 Å². The second-order valence-electron chi connectivity index (χ2n) is 5.38. The van der Waals surface area contributed by atoms with Crippen LogP contribution in [0, 0.1) is 6.92 Å². The third kappa shape index (κ3) is 4.73. The zero-order valence-corrected chi connectivity index (χ0v) is 14.6. The Kier molecular flexibility index (Phi) is 5.46. The number of carbonyl (C=O) groups is 1. The number of anilines is 2. The number of ether oxygens (including phenoxy) is 1. The topological polar surface area (TPSA) is 84.5 Å². The van der Waals surface area contributed by atoms with Gasteiger partial charge < -0.3 is 10.1 Å². The van der Waals surface area contributed by atoms with E-state index in [1.165, 1.54) is 20.1 Å². The maximum Gasteiger partial charge on any atom is 0.236 e. The smallest absolute Gasteiger partial charge is 0.236 e. The summed E-state index contributed by atoms with van der Waals surface area (Å²) in [5.41, 5.74) is 2.41. The first-order chi connectivity index (χ1) is 11.3. The molecule has 0 saturated carbocycles. The fourth-order valence-electron chi connectivity index (χ4n) is 2.25. The van der Waals surface area contributed by atoms with Crippen molar-refractivity contribution in [3.63, 3.8) is 0 Å². The molecule has 0 aliphatic carbocycles. The van der Waals surface area contributed by atoms with Gasteiger partial charge in [0.15, 0.2) is 0 Å². The van der Waals surface area contributed by atoms with Gasteiger partial charge in [0.25, 0.3) is 0 Å². The molecular weight excluding hydrogens is 328 g/mol. The number of benzene rings is 2. The molecule has 0 unspecified atom stereocenters. The Morgan fingerprint density at radius 2 is 1.88 bits per heavy atom. The molecular formula is C17H20N2O4S. The van der Waals surface area contributed by atoms with Gasteiger partial charge in [-0.3, -0.25) is 9.52 Å². The monoisotopic (exact) mass is 348 g/mol. The molecule has 7 heteroatoms. The van der Waals surface area contributed by atoms with E-state index in [-0.39, 0.29) is 11.7 Å². The van der Waals surface area contributed by atoms with E-state index in [1.54, 1.807) is 24.3 Å². The van der Waals surface area contributed by atoms with Crippen LogP contribution in [0.3, 0.4) is 0 Å². The molecule has 0 heterocycles. The molecule has 1 amide bonds. The van der Waals surface area contributed by atoms with Crippen LogP contribution in [0.5, 0.6) is 5.75 Å². The molecule has 2 aromatic rings. The largest absolute Gasteiger partial charge is 0.495 e. The number of amides is 1. The van der Waals surface area contributed by atoms with Crippen molar-refractivity contribution in [3.8, 4) is 5.75 Å². The summed E-state index contributed by atoms with van der Waals surface area (Å²) >= 11 is 0. The van der Waals surface area contributed by atoms with E-state index in [4.69, 9.17) is 4.74 Å². The summed E-state index contributed by atoms with van der Waals surface area (Å²) in [6, 6.07) is 12.0. The first-order valence-electron chi connectivity index (χ1n) is 7.31. The van der Waals surface area contributed by atoms with Crippen molar-refractivity contribution in [2.45, 2.75) is 19.6 Å². The van der Waals surface area contributed by atoms with Crippen LogP contribution in [0.2, 0.25) is 0 Å². The molecule has 0 bridgehead atoms. The SMILES string of the molecule is COc1ccc(NS(=O)(=O)Cc2ccccc2C)cc1NC(C)=O. The average Bonchev–Trinajstić information content (AvgIpc) is 2.49. The van der Waals surface area contributed by atoms with Gasteiger partial charge in [0.2, 0.25) is 15.9 Å². The molecule has 0 aromatic heterocycles. The molecule has 128 valence electrons. The van der Waals surface area contributed by atoms with Crippen LogP contribution in [0.15, 0.2) is 42.5 Å². The van der Waals surface area contributed by atoms with Gasteiger partial charge in [0.05, 0.1) is 24.2 Å². The predicted octanol–water partition coefficient (Wildman–Crippen LogP) is 2.90. The summed E-state index contributed by atoms with van der Waals surface area (Å²) in [7, 11) is -2.10. The van der Waals surface area contributed by atoms with Gasteiger partial charge in [0.1, 0.15) is 5.75 Å². The Morgan fingerprint density at radius 1 is 1.17 bits per heavy atom. The number of nitrogens with one attached hydrogen (secondary N) is 2. The average molecular weight is 348 g/mol. The summed E-state index contributed by atoms with van der Waals surface area (Å²) in [5, 5.41) is 2.61. The molecule has 0 atom stereocenters. The van der Waals surface area contributed by atoms with Crippen molar-refractivity contribution in [2.24, 2.45) is 0 Å². The predicted molar refractivity (Wildman–Crippen MR) is 94.7 cm³/mol. The molecule has 2 rings (SSSR count). The van der Waals surface area contributed by atoms with Gasteiger partial charge in [0, 0.05) is 6.92 Å². The minimum Gasteiger partial charge on any atom is -0.495 e. The molecule has 24 heavy (non-hydrogen) atoms. The lowest BCUT2D eigenvalue weighted by atomic mass is 10.1. The lowest BCUT2D eigenvalue weighted by Crippen LogP contribution is -2.16. The second kappa shape index (κ2) is 7.35. The molecule has 2 N–H and O–H groups in total. The van der Waals surface area contributed by atoms with Crippen LogP contribution in [-0.2, 0) is 20.6 Å². The van der Waals surface area contributed by atoms with E-state index in [1.807, 2.05) is 19.1 Å². The second-order valence-corrected chi connectivity index (χ2v) is 7.11. The van der Waals surface area contributed by atoms with Gasteiger partial charge >= 0.3 is 0 Å². The lowest BCUT2D eigenvalue weighted by molar-refractivity contribution is -0.114. The quantitative estimate of drug-likeness (QED) is 0.841. The number of aryl methyl sites for hydroxylation is 1. The van der Waals surface area contributed by atoms with Gasteiger partial charge in [-0.2, -0.15) is 0 Å². The van der Waals surface area contributed by atoms with Crippen molar-refractivity contribution < 1.29 is 17.9 Å². The Labute approximate surface area is 141 Å². The maximum atomic E-state index is 12.4. The Morgan fingerprint density at radius 3 is 2.50 bits per heavy atom. The Balaban J connectivity index is 2.23. The van der Waals surface area contributed by atoms with Crippen LogP contribution in [0.4, 0.5) is 11.4 Å². The van der Waals surface area contributed by atoms with E-state index in [2.05, 4.69) is 10.0 Å². The maximum absolute atomic E-state index is 12.4. The molecule has 0 spiro atoms.